The molecule has 2 saturated heterocycles. The summed E-state index contributed by atoms with van der Waals surface area (Å²) in [6, 6.07) is 0.833. The van der Waals surface area contributed by atoms with Gasteiger partial charge in [-0.3, -0.25) is 4.90 Å². The number of hydrogen-bond acceptors (Lipinski definition) is 4. The topological polar surface area (TPSA) is 44.7 Å². The summed E-state index contributed by atoms with van der Waals surface area (Å²) in [4.78, 5) is 2.39. The summed E-state index contributed by atoms with van der Waals surface area (Å²) in [5.41, 5.74) is 0. The van der Waals surface area contributed by atoms with Crippen molar-refractivity contribution in [2.75, 3.05) is 39.5 Å². The van der Waals surface area contributed by atoms with Crippen LogP contribution in [-0.4, -0.2) is 61.5 Å². The maximum Gasteiger partial charge on any atom is 0.0622 e. The predicted octanol–water partition coefficient (Wildman–Crippen LogP) is -0.959. The standard InChI is InChI=1S/C9H18N2O2/c12-6-9-5-10-2-3-11(9)8-1-4-13-7-8/h8-10,12H,1-7H2. The van der Waals surface area contributed by atoms with Crippen LogP contribution in [0.5, 0.6) is 0 Å². The van der Waals surface area contributed by atoms with Crippen LogP contribution in [0.25, 0.3) is 0 Å². The van der Waals surface area contributed by atoms with Gasteiger partial charge in [-0.2, -0.15) is 0 Å². The molecule has 0 saturated carbocycles. The summed E-state index contributed by atoms with van der Waals surface area (Å²) in [5.74, 6) is 0. The molecule has 2 fully saturated rings. The predicted molar refractivity (Wildman–Crippen MR) is 49.7 cm³/mol. The third-order valence-electron chi connectivity index (χ3n) is 2.98. The molecule has 4 nitrogen and oxygen atoms in total. The third-order valence-corrected chi connectivity index (χ3v) is 2.98. The van der Waals surface area contributed by atoms with Crippen LogP contribution in [-0.2, 0) is 4.74 Å². The largest absolute Gasteiger partial charge is 0.395 e. The molecule has 4 heteroatoms. The molecule has 2 heterocycles. The Morgan fingerprint density at radius 1 is 1.54 bits per heavy atom. The second-order valence-corrected chi connectivity index (χ2v) is 3.80. The lowest BCUT2D eigenvalue weighted by Gasteiger charge is -2.38. The minimum absolute atomic E-state index is 0.253. The highest BCUT2D eigenvalue weighted by Crippen LogP contribution is 2.16. The average molecular weight is 186 g/mol. The van der Waals surface area contributed by atoms with Gasteiger partial charge in [0.25, 0.3) is 0 Å². The number of aliphatic hydroxyl groups is 1. The zero-order valence-electron chi connectivity index (χ0n) is 7.91. The number of rotatable bonds is 2. The molecule has 2 rings (SSSR count). The molecule has 13 heavy (non-hydrogen) atoms. The van der Waals surface area contributed by atoms with Crippen LogP contribution in [0.3, 0.4) is 0 Å². The molecule has 2 N–H and O–H groups in total. The summed E-state index contributed by atoms with van der Waals surface area (Å²) >= 11 is 0. The molecule has 2 aliphatic heterocycles. The molecule has 2 unspecified atom stereocenters. The number of hydrogen-bond donors (Lipinski definition) is 2. The summed E-state index contributed by atoms with van der Waals surface area (Å²) in [6.45, 7) is 4.96. The van der Waals surface area contributed by atoms with E-state index in [0.29, 0.717) is 12.1 Å². The van der Waals surface area contributed by atoms with Gasteiger partial charge >= 0.3 is 0 Å². The fourth-order valence-electron chi connectivity index (χ4n) is 2.21. The van der Waals surface area contributed by atoms with Crippen molar-refractivity contribution in [1.29, 1.82) is 0 Å². The van der Waals surface area contributed by atoms with Crippen molar-refractivity contribution >= 4 is 0 Å². The van der Waals surface area contributed by atoms with E-state index in [4.69, 9.17) is 4.74 Å². The number of nitrogens with one attached hydrogen (secondary N) is 1. The Bertz CT molecular complexity index is 158. The average Bonchev–Trinajstić information content (AvgIpc) is 2.70. The van der Waals surface area contributed by atoms with Gasteiger partial charge in [0.2, 0.25) is 0 Å². The fraction of sp³-hybridized carbons (Fsp3) is 1.00. The monoisotopic (exact) mass is 186 g/mol. The van der Waals surface area contributed by atoms with Crippen LogP contribution in [0, 0.1) is 0 Å². The zero-order chi connectivity index (χ0) is 9.10. The third kappa shape index (κ3) is 2.02. The first-order valence-electron chi connectivity index (χ1n) is 5.07. The Labute approximate surface area is 78.9 Å². The summed E-state index contributed by atoms with van der Waals surface area (Å²) in [7, 11) is 0. The van der Waals surface area contributed by atoms with Crippen molar-refractivity contribution < 1.29 is 9.84 Å². The van der Waals surface area contributed by atoms with E-state index >= 15 is 0 Å². The van der Waals surface area contributed by atoms with Crippen molar-refractivity contribution in [2.45, 2.75) is 18.5 Å². The van der Waals surface area contributed by atoms with Crippen LogP contribution < -0.4 is 5.32 Å². The molecule has 0 aromatic heterocycles. The van der Waals surface area contributed by atoms with Gasteiger partial charge in [0.15, 0.2) is 0 Å². The molecule has 0 spiro atoms. The lowest BCUT2D eigenvalue weighted by molar-refractivity contribution is 0.0553. The lowest BCUT2D eigenvalue weighted by Crippen LogP contribution is -2.56. The molecule has 2 atom stereocenters. The number of piperazine rings is 1. The number of ether oxygens (including phenoxy) is 1. The van der Waals surface area contributed by atoms with Crippen molar-refractivity contribution in [3.8, 4) is 0 Å². The van der Waals surface area contributed by atoms with E-state index in [1.54, 1.807) is 0 Å². The van der Waals surface area contributed by atoms with E-state index in [1.807, 2.05) is 0 Å². The van der Waals surface area contributed by atoms with Crippen LogP contribution in [0.4, 0.5) is 0 Å². The lowest BCUT2D eigenvalue weighted by atomic mass is 10.1. The zero-order valence-corrected chi connectivity index (χ0v) is 7.91. The number of nitrogens with zero attached hydrogens (tertiary/aromatic N) is 1. The minimum atomic E-state index is 0.253. The molecule has 0 bridgehead atoms. The van der Waals surface area contributed by atoms with E-state index in [2.05, 4.69) is 10.2 Å². The quantitative estimate of drug-likeness (QED) is 0.583. The van der Waals surface area contributed by atoms with Crippen LogP contribution in [0.1, 0.15) is 6.42 Å². The normalized spacial score (nSPS) is 36.7. The molecular weight excluding hydrogens is 168 g/mol. The maximum atomic E-state index is 9.20. The van der Waals surface area contributed by atoms with E-state index < -0.39 is 0 Å². The van der Waals surface area contributed by atoms with Gasteiger partial charge < -0.3 is 15.2 Å². The highest BCUT2D eigenvalue weighted by Gasteiger charge is 2.30. The molecular formula is C9H18N2O2. The highest BCUT2D eigenvalue weighted by molar-refractivity contribution is 4.86. The first kappa shape index (κ1) is 9.40. The second-order valence-electron chi connectivity index (χ2n) is 3.80. The first-order valence-corrected chi connectivity index (χ1v) is 5.07. The number of aliphatic hydroxyl groups excluding tert-OH is 1. The van der Waals surface area contributed by atoms with E-state index in [1.165, 1.54) is 0 Å². The van der Waals surface area contributed by atoms with Gasteiger partial charge in [-0.25, -0.2) is 0 Å². The minimum Gasteiger partial charge on any atom is -0.395 e. The van der Waals surface area contributed by atoms with Crippen LogP contribution in [0.15, 0.2) is 0 Å². The molecule has 0 aromatic carbocycles. The molecule has 0 aromatic rings. The summed E-state index contributed by atoms with van der Waals surface area (Å²) in [5, 5.41) is 12.5. The Balaban J connectivity index is 1.93. The van der Waals surface area contributed by atoms with Gasteiger partial charge in [0.05, 0.1) is 13.2 Å². The van der Waals surface area contributed by atoms with Gasteiger partial charge in [-0.05, 0) is 6.42 Å². The molecule has 0 amide bonds. The molecule has 2 aliphatic rings. The fourth-order valence-corrected chi connectivity index (χ4v) is 2.21. The second kappa shape index (κ2) is 4.37. The van der Waals surface area contributed by atoms with E-state index in [9.17, 15) is 5.11 Å². The smallest absolute Gasteiger partial charge is 0.0622 e. The molecule has 76 valence electrons. The SMILES string of the molecule is OCC1CNCCN1C1CCOC1. The Kier molecular flexibility index (Phi) is 3.16. The van der Waals surface area contributed by atoms with E-state index in [0.717, 1.165) is 39.3 Å². The maximum absolute atomic E-state index is 9.20. The van der Waals surface area contributed by atoms with Crippen molar-refractivity contribution in [3.05, 3.63) is 0 Å². The van der Waals surface area contributed by atoms with Gasteiger partial charge in [0, 0.05) is 38.3 Å². The molecule has 0 aliphatic carbocycles. The van der Waals surface area contributed by atoms with Gasteiger partial charge in [0.1, 0.15) is 0 Å². The van der Waals surface area contributed by atoms with Crippen molar-refractivity contribution in [1.82, 2.24) is 10.2 Å². The van der Waals surface area contributed by atoms with Crippen molar-refractivity contribution in [2.24, 2.45) is 0 Å². The highest BCUT2D eigenvalue weighted by atomic mass is 16.5. The van der Waals surface area contributed by atoms with E-state index in [-0.39, 0.29) is 6.61 Å². The van der Waals surface area contributed by atoms with Crippen LogP contribution >= 0.6 is 0 Å². The Hall–Kier alpha value is -0.160. The summed E-state index contributed by atoms with van der Waals surface area (Å²) in [6.07, 6.45) is 1.12. The van der Waals surface area contributed by atoms with Crippen LogP contribution in [0.2, 0.25) is 0 Å². The molecule has 0 radical (unpaired) electrons. The Morgan fingerprint density at radius 3 is 3.15 bits per heavy atom. The van der Waals surface area contributed by atoms with Crippen molar-refractivity contribution in [3.63, 3.8) is 0 Å². The Morgan fingerprint density at radius 2 is 2.46 bits per heavy atom. The van der Waals surface area contributed by atoms with Gasteiger partial charge in [-0.1, -0.05) is 0 Å². The summed E-state index contributed by atoms with van der Waals surface area (Å²) < 4.78 is 5.36. The van der Waals surface area contributed by atoms with Gasteiger partial charge in [-0.15, -0.1) is 0 Å². The first-order chi connectivity index (χ1) is 6.42.